The summed E-state index contributed by atoms with van der Waals surface area (Å²) in [6, 6.07) is 14.5. The molecule has 2 aromatic carbocycles. The Morgan fingerprint density at radius 1 is 1.17 bits per heavy atom. The molecule has 3 rings (SSSR count). The number of ether oxygens (including phenoxy) is 1. The number of nitrogens with one attached hydrogen (secondary N) is 1. The number of nitrogens with zero attached hydrogens (tertiary/aromatic N) is 1. The van der Waals surface area contributed by atoms with Crippen LogP contribution in [0.4, 0.5) is 5.69 Å². The fourth-order valence-electron chi connectivity index (χ4n) is 2.25. The van der Waals surface area contributed by atoms with Gasteiger partial charge in [0.2, 0.25) is 0 Å². The first-order valence-electron chi connectivity index (χ1n) is 6.86. The molecule has 6 heteroatoms. The van der Waals surface area contributed by atoms with E-state index < -0.39 is 0 Å². The molecule has 0 aromatic heterocycles. The van der Waals surface area contributed by atoms with Crippen LogP contribution in [0.3, 0.4) is 0 Å². The maximum Gasteiger partial charge on any atom is 0.281 e. The molecule has 1 aliphatic rings. The number of para-hydroxylation sites is 1. The zero-order valence-corrected chi connectivity index (χ0v) is 13.8. The van der Waals surface area contributed by atoms with E-state index >= 15 is 0 Å². The van der Waals surface area contributed by atoms with Crippen LogP contribution in [0.1, 0.15) is 5.56 Å². The zero-order valence-electron chi connectivity index (χ0n) is 12.2. The maximum absolute atomic E-state index is 12.6. The quantitative estimate of drug-likeness (QED) is 0.682. The van der Waals surface area contributed by atoms with E-state index in [-0.39, 0.29) is 5.91 Å². The Morgan fingerprint density at radius 3 is 2.52 bits per heavy atom. The first-order valence-corrected chi connectivity index (χ1v) is 7.64. The van der Waals surface area contributed by atoms with Gasteiger partial charge in [-0.1, -0.05) is 35.9 Å². The molecule has 1 amide bonds. The van der Waals surface area contributed by atoms with Gasteiger partial charge < -0.3 is 10.1 Å². The third-order valence-corrected chi connectivity index (χ3v) is 4.00. The Bertz CT molecular complexity index is 802. The van der Waals surface area contributed by atoms with Gasteiger partial charge in [-0.15, -0.1) is 0 Å². The number of thiocarbonyl (C=S) groups is 1. The molecule has 1 saturated heterocycles. The van der Waals surface area contributed by atoms with Crippen LogP contribution in [0.25, 0.3) is 6.08 Å². The molecule has 1 fully saturated rings. The summed E-state index contributed by atoms with van der Waals surface area (Å²) in [4.78, 5) is 14.0. The molecular formula is C17H13ClN2O2S. The fourth-order valence-corrected chi connectivity index (χ4v) is 2.77. The third kappa shape index (κ3) is 3.06. The standard InChI is InChI=1S/C17H13ClN2O2S/c1-22-12-8-6-11(7-9-12)10-14-16(21)20(17(23)19-14)15-5-3-2-4-13(15)18/h2-10H,1H3,(H,19,23)/b14-10-. The SMILES string of the molecule is COc1ccc(/C=C2\NC(=S)N(c3ccccc3Cl)C2=O)cc1. The van der Waals surface area contributed by atoms with Crippen molar-refractivity contribution in [3.63, 3.8) is 0 Å². The van der Waals surface area contributed by atoms with Gasteiger partial charge in [0.25, 0.3) is 5.91 Å². The highest BCUT2D eigenvalue weighted by Crippen LogP contribution is 2.29. The van der Waals surface area contributed by atoms with Crippen molar-refractivity contribution in [2.24, 2.45) is 0 Å². The normalized spacial score (nSPS) is 15.9. The molecule has 0 bridgehead atoms. The van der Waals surface area contributed by atoms with Crippen LogP contribution >= 0.6 is 23.8 Å². The first-order chi connectivity index (χ1) is 11.1. The number of rotatable bonds is 3. The molecule has 4 nitrogen and oxygen atoms in total. The number of halogens is 1. The van der Waals surface area contributed by atoms with Gasteiger partial charge in [0, 0.05) is 0 Å². The van der Waals surface area contributed by atoms with Crippen LogP contribution in [-0.2, 0) is 4.79 Å². The summed E-state index contributed by atoms with van der Waals surface area (Å²) in [5.41, 5.74) is 1.83. The van der Waals surface area contributed by atoms with E-state index in [4.69, 9.17) is 28.6 Å². The number of carbonyl (C=O) groups is 1. The zero-order chi connectivity index (χ0) is 16.4. The van der Waals surface area contributed by atoms with Crippen LogP contribution < -0.4 is 15.0 Å². The minimum Gasteiger partial charge on any atom is -0.497 e. The number of amides is 1. The van der Waals surface area contributed by atoms with Crippen molar-refractivity contribution < 1.29 is 9.53 Å². The summed E-state index contributed by atoms with van der Waals surface area (Å²) < 4.78 is 5.12. The molecule has 0 unspecified atom stereocenters. The summed E-state index contributed by atoms with van der Waals surface area (Å²) in [7, 11) is 1.61. The van der Waals surface area contributed by atoms with Gasteiger partial charge in [-0.05, 0) is 48.1 Å². The second-order valence-corrected chi connectivity index (χ2v) is 5.65. The molecule has 1 heterocycles. The summed E-state index contributed by atoms with van der Waals surface area (Å²) in [5, 5.41) is 3.71. The lowest BCUT2D eigenvalue weighted by Gasteiger charge is -2.15. The number of carbonyl (C=O) groups excluding carboxylic acids is 1. The van der Waals surface area contributed by atoms with Crippen molar-refractivity contribution in [1.29, 1.82) is 0 Å². The lowest BCUT2D eigenvalue weighted by Crippen LogP contribution is -2.30. The van der Waals surface area contributed by atoms with Gasteiger partial charge in [0.15, 0.2) is 5.11 Å². The number of methoxy groups -OCH3 is 1. The van der Waals surface area contributed by atoms with Crippen LogP contribution in [0.15, 0.2) is 54.2 Å². The van der Waals surface area contributed by atoms with Gasteiger partial charge in [0.05, 0.1) is 17.8 Å². The highest BCUT2D eigenvalue weighted by atomic mass is 35.5. The Kier molecular flexibility index (Phi) is 4.32. The highest BCUT2D eigenvalue weighted by molar-refractivity contribution is 7.80. The first kappa shape index (κ1) is 15.5. The number of benzene rings is 2. The maximum atomic E-state index is 12.6. The molecule has 0 aliphatic carbocycles. The molecule has 116 valence electrons. The summed E-state index contributed by atoms with van der Waals surface area (Å²) >= 11 is 11.4. The molecule has 1 aliphatic heterocycles. The molecule has 0 atom stereocenters. The number of hydrogen-bond acceptors (Lipinski definition) is 3. The Morgan fingerprint density at radius 2 is 1.87 bits per heavy atom. The van der Waals surface area contributed by atoms with Crippen molar-refractivity contribution in [2.45, 2.75) is 0 Å². The lowest BCUT2D eigenvalue weighted by molar-refractivity contribution is -0.113. The summed E-state index contributed by atoms with van der Waals surface area (Å²) in [5.74, 6) is 0.519. The summed E-state index contributed by atoms with van der Waals surface area (Å²) in [6.45, 7) is 0. The molecule has 2 aromatic rings. The van der Waals surface area contributed by atoms with Gasteiger partial charge in [0.1, 0.15) is 11.4 Å². The Labute approximate surface area is 144 Å². The minimum atomic E-state index is -0.237. The second kappa shape index (κ2) is 6.40. The van der Waals surface area contributed by atoms with Gasteiger partial charge in [-0.2, -0.15) is 0 Å². The largest absolute Gasteiger partial charge is 0.497 e. The highest BCUT2D eigenvalue weighted by Gasteiger charge is 2.32. The predicted molar refractivity (Wildman–Crippen MR) is 95.6 cm³/mol. The van der Waals surface area contributed by atoms with Crippen LogP contribution in [0.5, 0.6) is 5.75 Å². The predicted octanol–water partition coefficient (Wildman–Crippen LogP) is 3.61. The number of hydrogen-bond donors (Lipinski definition) is 1. The Balaban J connectivity index is 1.91. The van der Waals surface area contributed by atoms with E-state index in [1.165, 1.54) is 4.90 Å². The average molecular weight is 345 g/mol. The molecular weight excluding hydrogens is 332 g/mol. The van der Waals surface area contributed by atoms with Crippen molar-refractivity contribution in [3.05, 3.63) is 64.8 Å². The third-order valence-electron chi connectivity index (χ3n) is 3.40. The van der Waals surface area contributed by atoms with E-state index in [0.29, 0.717) is 21.5 Å². The van der Waals surface area contributed by atoms with Crippen LogP contribution in [0, 0.1) is 0 Å². The van der Waals surface area contributed by atoms with Crippen molar-refractivity contribution >= 4 is 46.6 Å². The van der Waals surface area contributed by atoms with Crippen molar-refractivity contribution in [1.82, 2.24) is 5.32 Å². The molecule has 0 spiro atoms. The lowest BCUT2D eigenvalue weighted by atomic mass is 10.2. The van der Waals surface area contributed by atoms with E-state index in [1.807, 2.05) is 30.3 Å². The fraction of sp³-hybridized carbons (Fsp3) is 0.0588. The molecule has 1 N–H and O–H groups in total. The molecule has 0 saturated carbocycles. The topological polar surface area (TPSA) is 41.6 Å². The van der Waals surface area contributed by atoms with Crippen LogP contribution in [0.2, 0.25) is 5.02 Å². The van der Waals surface area contributed by atoms with Gasteiger partial charge in [-0.3, -0.25) is 9.69 Å². The molecule has 0 radical (unpaired) electrons. The molecule has 23 heavy (non-hydrogen) atoms. The number of anilines is 1. The summed E-state index contributed by atoms with van der Waals surface area (Å²) in [6.07, 6.45) is 1.74. The minimum absolute atomic E-state index is 0.237. The second-order valence-electron chi connectivity index (χ2n) is 4.85. The van der Waals surface area contributed by atoms with Gasteiger partial charge >= 0.3 is 0 Å². The Hall–Kier alpha value is -2.37. The monoisotopic (exact) mass is 344 g/mol. The van der Waals surface area contributed by atoms with Crippen molar-refractivity contribution in [3.8, 4) is 5.75 Å². The van der Waals surface area contributed by atoms with E-state index in [0.717, 1.165) is 11.3 Å². The smallest absolute Gasteiger partial charge is 0.281 e. The van der Waals surface area contributed by atoms with E-state index in [2.05, 4.69) is 5.32 Å². The van der Waals surface area contributed by atoms with Crippen LogP contribution in [-0.4, -0.2) is 18.1 Å². The van der Waals surface area contributed by atoms with Gasteiger partial charge in [-0.25, -0.2) is 0 Å². The average Bonchev–Trinajstić information content (AvgIpc) is 2.83. The van der Waals surface area contributed by atoms with E-state index in [9.17, 15) is 4.79 Å². The van der Waals surface area contributed by atoms with E-state index in [1.54, 1.807) is 31.4 Å². The van der Waals surface area contributed by atoms with Crippen molar-refractivity contribution in [2.75, 3.05) is 12.0 Å².